The normalized spacial score (nSPS) is 26.4. The van der Waals surface area contributed by atoms with Crippen LogP contribution in [0.3, 0.4) is 0 Å². The number of halogens is 3. The van der Waals surface area contributed by atoms with Gasteiger partial charge in [-0.25, -0.2) is 4.79 Å². The minimum absolute atomic E-state index is 0.0518. The second kappa shape index (κ2) is 5.63. The molecule has 1 heterocycles. The predicted octanol–water partition coefficient (Wildman–Crippen LogP) is 2.19. The first-order valence-corrected chi connectivity index (χ1v) is 6.81. The second-order valence-corrected chi connectivity index (χ2v) is 5.45. The molecule has 20 heavy (non-hydrogen) atoms. The van der Waals surface area contributed by atoms with Crippen LogP contribution in [0.5, 0.6) is 0 Å². The number of alkyl halides is 3. The van der Waals surface area contributed by atoms with E-state index in [9.17, 15) is 23.1 Å². The van der Waals surface area contributed by atoms with Gasteiger partial charge in [0.25, 0.3) is 0 Å². The lowest BCUT2D eigenvalue weighted by molar-refractivity contribution is -0.271. The third-order valence-corrected chi connectivity index (χ3v) is 4.00. The summed E-state index contributed by atoms with van der Waals surface area (Å²) < 4.78 is 37.9. The molecule has 1 unspecified atom stereocenters. The van der Waals surface area contributed by atoms with E-state index < -0.39 is 24.6 Å². The fourth-order valence-electron chi connectivity index (χ4n) is 2.55. The standard InChI is InChI=1S/C13H19F3N2O2/c14-13(15,16)12(20)6-8-18(9-7-12)11(19)17-10-4-2-1-3-5-10/h1-2,10,20H,3-9H2,(H,17,19). The fourth-order valence-corrected chi connectivity index (χ4v) is 2.55. The molecule has 7 heteroatoms. The molecule has 2 N–H and O–H groups in total. The minimum atomic E-state index is -4.64. The fraction of sp³-hybridized carbons (Fsp3) is 0.769. The van der Waals surface area contributed by atoms with Crippen LogP contribution in [0.25, 0.3) is 0 Å². The van der Waals surface area contributed by atoms with Gasteiger partial charge in [-0.1, -0.05) is 12.2 Å². The molecule has 0 aromatic heterocycles. The molecule has 0 aromatic carbocycles. The highest BCUT2D eigenvalue weighted by Gasteiger charge is 2.54. The molecule has 1 fully saturated rings. The van der Waals surface area contributed by atoms with Gasteiger partial charge in [0.1, 0.15) is 0 Å². The van der Waals surface area contributed by atoms with Crippen LogP contribution in [0.2, 0.25) is 0 Å². The van der Waals surface area contributed by atoms with Crippen LogP contribution in [-0.2, 0) is 0 Å². The highest BCUT2D eigenvalue weighted by molar-refractivity contribution is 5.74. The van der Waals surface area contributed by atoms with Crippen molar-refractivity contribution in [1.29, 1.82) is 0 Å². The number of hydrogen-bond acceptors (Lipinski definition) is 2. The number of carbonyl (C=O) groups excluding carboxylic acids is 1. The number of likely N-dealkylation sites (tertiary alicyclic amines) is 1. The Morgan fingerprint density at radius 1 is 1.30 bits per heavy atom. The summed E-state index contributed by atoms with van der Waals surface area (Å²) in [6, 6.07) is -0.287. The predicted molar refractivity (Wildman–Crippen MR) is 67.1 cm³/mol. The average molecular weight is 292 g/mol. The number of rotatable bonds is 1. The average Bonchev–Trinajstić information content (AvgIpc) is 2.39. The van der Waals surface area contributed by atoms with Gasteiger partial charge in [-0.15, -0.1) is 0 Å². The maximum atomic E-state index is 12.6. The zero-order valence-corrected chi connectivity index (χ0v) is 11.1. The molecule has 0 spiro atoms. The number of nitrogens with zero attached hydrogens (tertiary/aromatic N) is 1. The molecule has 2 amide bonds. The molecule has 1 aliphatic heterocycles. The van der Waals surface area contributed by atoms with Crippen LogP contribution in [-0.4, -0.2) is 46.9 Å². The lowest BCUT2D eigenvalue weighted by Gasteiger charge is -2.39. The molecule has 0 saturated carbocycles. The largest absolute Gasteiger partial charge is 0.417 e. The van der Waals surface area contributed by atoms with Crippen LogP contribution >= 0.6 is 0 Å². The number of allylic oxidation sites excluding steroid dienone is 1. The molecule has 114 valence electrons. The topological polar surface area (TPSA) is 52.6 Å². The van der Waals surface area contributed by atoms with E-state index in [1.807, 2.05) is 12.2 Å². The molecular weight excluding hydrogens is 273 g/mol. The maximum Gasteiger partial charge on any atom is 0.417 e. The monoisotopic (exact) mass is 292 g/mol. The van der Waals surface area contributed by atoms with Crippen molar-refractivity contribution in [2.45, 2.75) is 49.9 Å². The third kappa shape index (κ3) is 3.26. The number of carbonyl (C=O) groups is 1. The first kappa shape index (κ1) is 15.2. The van der Waals surface area contributed by atoms with E-state index in [1.165, 1.54) is 4.90 Å². The van der Waals surface area contributed by atoms with Gasteiger partial charge in [0.05, 0.1) is 0 Å². The van der Waals surface area contributed by atoms with E-state index in [1.54, 1.807) is 0 Å². The number of aliphatic hydroxyl groups is 1. The highest BCUT2D eigenvalue weighted by Crippen LogP contribution is 2.38. The summed E-state index contributed by atoms with van der Waals surface area (Å²) in [7, 11) is 0. The SMILES string of the molecule is O=C(NC1CC=CCC1)N1CCC(O)(C(F)(F)F)CC1. The molecule has 1 saturated heterocycles. The van der Waals surface area contributed by atoms with Gasteiger partial charge in [0, 0.05) is 32.0 Å². The number of hydrogen-bond donors (Lipinski definition) is 2. The first-order valence-electron chi connectivity index (χ1n) is 6.81. The van der Waals surface area contributed by atoms with Gasteiger partial charge in [-0.3, -0.25) is 0 Å². The van der Waals surface area contributed by atoms with Crippen molar-refractivity contribution in [3.05, 3.63) is 12.2 Å². The molecule has 0 radical (unpaired) electrons. The Hall–Kier alpha value is -1.24. The lowest BCUT2D eigenvalue weighted by atomic mass is 9.91. The quantitative estimate of drug-likeness (QED) is 0.728. The van der Waals surface area contributed by atoms with Crippen molar-refractivity contribution in [2.75, 3.05) is 13.1 Å². The smallest absolute Gasteiger partial charge is 0.380 e. The van der Waals surface area contributed by atoms with E-state index >= 15 is 0 Å². The lowest BCUT2D eigenvalue weighted by Crippen LogP contribution is -2.56. The second-order valence-electron chi connectivity index (χ2n) is 5.45. The van der Waals surface area contributed by atoms with Crippen molar-refractivity contribution in [3.8, 4) is 0 Å². The van der Waals surface area contributed by atoms with Gasteiger partial charge in [0.15, 0.2) is 5.60 Å². The molecule has 2 rings (SSSR count). The van der Waals surface area contributed by atoms with Crippen LogP contribution < -0.4 is 5.32 Å². The Balaban J connectivity index is 1.84. The van der Waals surface area contributed by atoms with Gasteiger partial charge in [0.2, 0.25) is 0 Å². The molecule has 1 aliphatic carbocycles. The van der Waals surface area contributed by atoms with Crippen LogP contribution in [0, 0.1) is 0 Å². The Labute approximate surface area is 115 Å². The summed E-state index contributed by atoms with van der Waals surface area (Å²) >= 11 is 0. The number of urea groups is 1. The highest BCUT2D eigenvalue weighted by atomic mass is 19.4. The third-order valence-electron chi connectivity index (χ3n) is 4.00. The summed E-state index contributed by atoms with van der Waals surface area (Å²) in [5.41, 5.74) is -2.66. The minimum Gasteiger partial charge on any atom is -0.380 e. The molecule has 2 aliphatic rings. The summed E-state index contributed by atoms with van der Waals surface area (Å²) in [5, 5.41) is 12.4. The molecular formula is C13H19F3N2O2. The van der Waals surface area contributed by atoms with Crippen LogP contribution in [0.4, 0.5) is 18.0 Å². The van der Waals surface area contributed by atoms with Crippen molar-refractivity contribution in [3.63, 3.8) is 0 Å². The maximum absolute atomic E-state index is 12.6. The van der Waals surface area contributed by atoms with Gasteiger partial charge >= 0.3 is 12.2 Å². The van der Waals surface area contributed by atoms with Gasteiger partial charge < -0.3 is 15.3 Å². The summed E-state index contributed by atoms with van der Waals surface area (Å²) in [6.07, 6.45) is 0.986. The summed E-state index contributed by atoms with van der Waals surface area (Å²) in [4.78, 5) is 13.3. The molecule has 0 bridgehead atoms. The van der Waals surface area contributed by atoms with Crippen LogP contribution in [0.15, 0.2) is 12.2 Å². The van der Waals surface area contributed by atoms with Gasteiger partial charge in [-0.05, 0) is 19.3 Å². The van der Waals surface area contributed by atoms with Crippen LogP contribution in [0.1, 0.15) is 32.1 Å². The molecule has 0 aromatic rings. The Morgan fingerprint density at radius 2 is 1.95 bits per heavy atom. The van der Waals surface area contributed by atoms with Crippen molar-refractivity contribution in [2.24, 2.45) is 0 Å². The van der Waals surface area contributed by atoms with Crippen molar-refractivity contribution < 1.29 is 23.1 Å². The van der Waals surface area contributed by atoms with E-state index in [4.69, 9.17) is 0 Å². The van der Waals surface area contributed by atoms with E-state index in [-0.39, 0.29) is 25.2 Å². The van der Waals surface area contributed by atoms with E-state index in [0.717, 1.165) is 19.3 Å². The Kier molecular flexibility index (Phi) is 4.27. The van der Waals surface area contributed by atoms with E-state index in [2.05, 4.69) is 5.32 Å². The molecule has 1 atom stereocenters. The summed E-state index contributed by atoms with van der Waals surface area (Å²) in [6.45, 7) is -0.158. The number of amides is 2. The Bertz CT molecular complexity index is 388. The zero-order valence-electron chi connectivity index (χ0n) is 11.1. The van der Waals surface area contributed by atoms with E-state index in [0.29, 0.717) is 0 Å². The zero-order chi connectivity index (χ0) is 14.8. The van der Waals surface area contributed by atoms with Gasteiger partial charge in [-0.2, -0.15) is 13.2 Å². The number of nitrogens with one attached hydrogen (secondary N) is 1. The first-order chi connectivity index (χ1) is 9.32. The molecule has 4 nitrogen and oxygen atoms in total. The van der Waals surface area contributed by atoms with Crippen molar-refractivity contribution in [1.82, 2.24) is 10.2 Å². The number of piperidine rings is 1. The Morgan fingerprint density at radius 3 is 2.45 bits per heavy atom. The van der Waals surface area contributed by atoms with Crippen molar-refractivity contribution >= 4 is 6.03 Å². The summed E-state index contributed by atoms with van der Waals surface area (Å²) in [5.74, 6) is 0.